The summed E-state index contributed by atoms with van der Waals surface area (Å²) in [5, 5.41) is 5.53. The van der Waals surface area contributed by atoms with E-state index in [-0.39, 0.29) is 35.5 Å². The van der Waals surface area contributed by atoms with Gasteiger partial charge in [0.1, 0.15) is 5.82 Å². The zero-order valence-electron chi connectivity index (χ0n) is 14.5. The Morgan fingerprint density at radius 1 is 1.23 bits per heavy atom. The predicted octanol–water partition coefficient (Wildman–Crippen LogP) is 1.99. The lowest BCUT2D eigenvalue weighted by Gasteiger charge is -2.12. The zero-order valence-corrected chi connectivity index (χ0v) is 14.5. The van der Waals surface area contributed by atoms with Gasteiger partial charge in [0.2, 0.25) is 0 Å². The van der Waals surface area contributed by atoms with E-state index in [4.69, 9.17) is 5.73 Å². The lowest BCUT2D eigenvalue weighted by molar-refractivity contribution is 0.0944. The first-order valence-electron chi connectivity index (χ1n) is 8.61. The lowest BCUT2D eigenvalue weighted by Crippen LogP contribution is -2.25. The second-order valence-corrected chi connectivity index (χ2v) is 6.23. The van der Waals surface area contributed by atoms with Crippen molar-refractivity contribution in [3.05, 3.63) is 53.0 Å². The fourth-order valence-corrected chi connectivity index (χ4v) is 2.65. The minimum atomic E-state index is -0.541. The SMILES string of the molecule is CCNC(=O)c1ccc(-c2cc(C(=O)NC3CC3)cc(F)c2CN)nc1. The van der Waals surface area contributed by atoms with Crippen molar-refractivity contribution in [1.29, 1.82) is 0 Å². The molecule has 0 spiro atoms. The summed E-state index contributed by atoms with van der Waals surface area (Å²) in [4.78, 5) is 28.4. The van der Waals surface area contributed by atoms with Gasteiger partial charge in [0, 0.05) is 42.0 Å². The Balaban J connectivity index is 1.95. The smallest absolute Gasteiger partial charge is 0.252 e. The Bertz CT molecular complexity index is 832. The minimum Gasteiger partial charge on any atom is -0.352 e. The summed E-state index contributed by atoms with van der Waals surface area (Å²) >= 11 is 0. The van der Waals surface area contributed by atoms with Crippen LogP contribution in [0.5, 0.6) is 0 Å². The number of carbonyl (C=O) groups excluding carboxylic acids is 2. The molecule has 136 valence electrons. The van der Waals surface area contributed by atoms with E-state index in [9.17, 15) is 14.0 Å². The van der Waals surface area contributed by atoms with Gasteiger partial charge in [0.25, 0.3) is 11.8 Å². The van der Waals surface area contributed by atoms with E-state index in [1.807, 2.05) is 6.92 Å². The van der Waals surface area contributed by atoms with Crippen LogP contribution in [-0.2, 0) is 6.54 Å². The first-order chi connectivity index (χ1) is 12.5. The number of carbonyl (C=O) groups is 2. The van der Waals surface area contributed by atoms with E-state index >= 15 is 0 Å². The topological polar surface area (TPSA) is 97.1 Å². The maximum atomic E-state index is 14.5. The van der Waals surface area contributed by atoms with Crippen LogP contribution in [0.2, 0.25) is 0 Å². The number of benzene rings is 1. The van der Waals surface area contributed by atoms with Crippen molar-refractivity contribution in [2.45, 2.75) is 32.4 Å². The Labute approximate surface area is 151 Å². The van der Waals surface area contributed by atoms with Gasteiger partial charge in [-0.15, -0.1) is 0 Å². The molecule has 2 aromatic rings. The fourth-order valence-electron chi connectivity index (χ4n) is 2.65. The number of pyridine rings is 1. The van der Waals surface area contributed by atoms with Crippen molar-refractivity contribution < 1.29 is 14.0 Å². The number of nitrogens with two attached hydrogens (primary N) is 1. The van der Waals surface area contributed by atoms with E-state index in [1.165, 1.54) is 12.3 Å². The van der Waals surface area contributed by atoms with E-state index in [1.54, 1.807) is 18.2 Å². The molecule has 1 aromatic carbocycles. The van der Waals surface area contributed by atoms with E-state index in [0.29, 0.717) is 23.4 Å². The van der Waals surface area contributed by atoms with Crippen molar-refractivity contribution in [1.82, 2.24) is 15.6 Å². The Morgan fingerprint density at radius 3 is 2.58 bits per heavy atom. The summed E-state index contributed by atoms with van der Waals surface area (Å²) in [5.74, 6) is -1.08. The number of rotatable bonds is 6. The fraction of sp³-hybridized carbons (Fsp3) is 0.316. The van der Waals surface area contributed by atoms with Crippen LogP contribution in [0.15, 0.2) is 30.5 Å². The van der Waals surface area contributed by atoms with E-state index < -0.39 is 5.82 Å². The highest BCUT2D eigenvalue weighted by atomic mass is 19.1. The largest absolute Gasteiger partial charge is 0.352 e. The maximum Gasteiger partial charge on any atom is 0.252 e. The van der Waals surface area contributed by atoms with Crippen LogP contribution in [0.25, 0.3) is 11.3 Å². The van der Waals surface area contributed by atoms with Crippen LogP contribution < -0.4 is 16.4 Å². The van der Waals surface area contributed by atoms with Gasteiger partial charge >= 0.3 is 0 Å². The van der Waals surface area contributed by atoms with Crippen LogP contribution >= 0.6 is 0 Å². The first-order valence-corrected chi connectivity index (χ1v) is 8.61. The maximum absolute atomic E-state index is 14.5. The van der Waals surface area contributed by atoms with Crippen LogP contribution in [-0.4, -0.2) is 29.4 Å². The van der Waals surface area contributed by atoms with Gasteiger partial charge in [-0.3, -0.25) is 14.6 Å². The highest BCUT2D eigenvalue weighted by Gasteiger charge is 2.25. The van der Waals surface area contributed by atoms with E-state index in [2.05, 4.69) is 15.6 Å². The number of hydrogen-bond acceptors (Lipinski definition) is 4. The Hall–Kier alpha value is -2.80. The summed E-state index contributed by atoms with van der Waals surface area (Å²) < 4.78 is 14.5. The molecule has 6 nitrogen and oxygen atoms in total. The predicted molar refractivity (Wildman–Crippen MR) is 96.0 cm³/mol. The molecule has 0 saturated heterocycles. The molecule has 7 heteroatoms. The summed E-state index contributed by atoms with van der Waals surface area (Å²) in [6.07, 6.45) is 3.32. The summed E-state index contributed by atoms with van der Waals surface area (Å²) in [7, 11) is 0. The first kappa shape index (κ1) is 18.0. The molecular formula is C19H21FN4O2. The molecule has 0 radical (unpaired) electrons. The number of halogens is 1. The monoisotopic (exact) mass is 356 g/mol. The molecule has 0 unspecified atom stereocenters. The van der Waals surface area contributed by atoms with Gasteiger partial charge in [-0.25, -0.2) is 4.39 Å². The number of nitrogens with zero attached hydrogens (tertiary/aromatic N) is 1. The lowest BCUT2D eigenvalue weighted by atomic mass is 9.99. The van der Waals surface area contributed by atoms with Crippen molar-refractivity contribution >= 4 is 11.8 Å². The van der Waals surface area contributed by atoms with Crippen molar-refractivity contribution in [3.63, 3.8) is 0 Å². The number of aromatic nitrogens is 1. The highest BCUT2D eigenvalue weighted by Crippen LogP contribution is 2.27. The molecule has 0 bridgehead atoms. The average Bonchev–Trinajstić information content (AvgIpc) is 3.45. The molecule has 1 aliphatic rings. The van der Waals surface area contributed by atoms with Gasteiger partial charge in [0.15, 0.2) is 0 Å². The normalized spacial score (nSPS) is 13.3. The molecule has 26 heavy (non-hydrogen) atoms. The van der Waals surface area contributed by atoms with Gasteiger partial charge in [-0.2, -0.15) is 0 Å². The summed E-state index contributed by atoms with van der Waals surface area (Å²) in [5.41, 5.74) is 7.53. The van der Waals surface area contributed by atoms with Crippen LogP contribution in [0, 0.1) is 5.82 Å². The van der Waals surface area contributed by atoms with Gasteiger partial charge in [-0.1, -0.05) is 0 Å². The molecule has 2 amide bonds. The molecule has 0 aliphatic heterocycles. The third-order valence-corrected chi connectivity index (χ3v) is 4.21. The number of amides is 2. The summed E-state index contributed by atoms with van der Waals surface area (Å²) in [6.45, 7) is 2.32. The minimum absolute atomic E-state index is 0.0224. The third kappa shape index (κ3) is 3.88. The number of nitrogens with one attached hydrogen (secondary N) is 2. The van der Waals surface area contributed by atoms with Crippen LogP contribution in [0.1, 0.15) is 46.0 Å². The molecule has 1 fully saturated rings. The van der Waals surface area contributed by atoms with Crippen molar-refractivity contribution in [2.24, 2.45) is 5.73 Å². The van der Waals surface area contributed by atoms with Crippen LogP contribution in [0.3, 0.4) is 0 Å². The molecular weight excluding hydrogens is 335 g/mol. The van der Waals surface area contributed by atoms with Crippen LogP contribution in [0.4, 0.5) is 4.39 Å². The Kier molecular flexibility index (Phi) is 5.27. The van der Waals surface area contributed by atoms with Gasteiger partial charge < -0.3 is 16.4 Å². The van der Waals surface area contributed by atoms with Crippen molar-refractivity contribution in [3.8, 4) is 11.3 Å². The molecule has 1 aliphatic carbocycles. The number of hydrogen-bond donors (Lipinski definition) is 3. The standard InChI is InChI=1S/C19H21FN4O2/c1-2-22-18(25)11-3-6-17(23-10-11)14-7-12(8-16(20)15(14)9-21)19(26)24-13-4-5-13/h3,6-8,10,13H,2,4-5,9,21H2,1H3,(H,22,25)(H,24,26). The molecule has 1 saturated carbocycles. The van der Waals surface area contributed by atoms with Gasteiger partial charge in [-0.05, 0) is 44.0 Å². The van der Waals surface area contributed by atoms with Gasteiger partial charge in [0.05, 0.1) is 11.3 Å². The summed E-state index contributed by atoms with van der Waals surface area (Å²) in [6, 6.07) is 6.21. The zero-order chi connectivity index (χ0) is 18.7. The average molecular weight is 356 g/mol. The second-order valence-electron chi connectivity index (χ2n) is 6.23. The molecule has 1 heterocycles. The highest BCUT2D eigenvalue weighted by molar-refractivity contribution is 5.96. The third-order valence-electron chi connectivity index (χ3n) is 4.21. The molecule has 4 N–H and O–H groups in total. The quantitative estimate of drug-likeness (QED) is 0.737. The molecule has 0 atom stereocenters. The Morgan fingerprint density at radius 2 is 2.00 bits per heavy atom. The van der Waals surface area contributed by atoms with Crippen molar-refractivity contribution in [2.75, 3.05) is 6.54 Å². The molecule has 3 rings (SSSR count). The molecule has 1 aromatic heterocycles. The second kappa shape index (κ2) is 7.61. The van der Waals surface area contributed by atoms with E-state index in [0.717, 1.165) is 12.8 Å².